The number of thiophene rings is 1. The third-order valence-corrected chi connectivity index (χ3v) is 16.4. The number of carbonyl (C=O) groups excluding carboxylic acids is 3. The third kappa shape index (κ3) is 10.3. The number of benzene rings is 1. The van der Waals surface area contributed by atoms with E-state index in [1.807, 2.05) is 16.7 Å². The van der Waals surface area contributed by atoms with Crippen molar-refractivity contribution in [1.29, 1.82) is 0 Å². The van der Waals surface area contributed by atoms with Crippen molar-refractivity contribution in [2.45, 2.75) is 76.2 Å². The van der Waals surface area contributed by atoms with Gasteiger partial charge in [-0.2, -0.15) is 6.41 Å². The van der Waals surface area contributed by atoms with Gasteiger partial charge in [-0.05, 0) is 37.4 Å². The number of amides is 3. The zero-order chi connectivity index (χ0) is 32.8. The Balaban J connectivity index is 0.000000227. The molecule has 1 aromatic heterocycles. The summed E-state index contributed by atoms with van der Waals surface area (Å²) in [6.07, 6.45) is 7.03. The fraction of sp³-hybridized carbons (Fsp3) is 0.562. The van der Waals surface area contributed by atoms with Gasteiger partial charge in [0.05, 0.1) is 6.54 Å². The second kappa shape index (κ2) is 17.8. The number of alkyl halides is 5. The monoisotopic (exact) mass is 1080 g/mol. The van der Waals surface area contributed by atoms with E-state index in [0.717, 1.165) is 45.6 Å². The number of rotatable bonds is 7. The summed E-state index contributed by atoms with van der Waals surface area (Å²) in [5.41, 5.74) is 6.03. The van der Waals surface area contributed by atoms with Crippen molar-refractivity contribution in [2.24, 2.45) is 0 Å². The molecule has 3 fully saturated rings. The average Bonchev–Trinajstić information content (AvgIpc) is 3.52. The molecule has 6 rings (SSSR count). The predicted molar refractivity (Wildman–Crippen MR) is 188 cm³/mol. The van der Waals surface area contributed by atoms with Gasteiger partial charge >= 0.3 is 218 Å². The van der Waals surface area contributed by atoms with Crippen molar-refractivity contribution in [3.05, 3.63) is 51.2 Å². The molecule has 0 radical (unpaired) electrons. The van der Waals surface area contributed by atoms with Crippen LogP contribution < -0.4 is 11.1 Å². The van der Waals surface area contributed by atoms with Crippen LogP contribution in [0.1, 0.15) is 61.6 Å². The van der Waals surface area contributed by atoms with E-state index in [0.29, 0.717) is 31.2 Å². The minimum Gasteiger partial charge on any atom is -0.520 e. The quantitative estimate of drug-likeness (QED) is 0.101. The van der Waals surface area contributed by atoms with Gasteiger partial charge in [0.25, 0.3) is 0 Å². The molecule has 3 saturated heterocycles. The zero-order valence-corrected chi connectivity index (χ0v) is 34.8. The van der Waals surface area contributed by atoms with Gasteiger partial charge in [0.1, 0.15) is 5.00 Å². The minimum atomic E-state index is -4.50. The average molecular weight is 1080 g/mol. The number of likely N-dealkylation sites (tertiary alicyclic amines) is 2. The Morgan fingerprint density at radius 1 is 1.09 bits per heavy atom. The normalized spacial score (nSPS) is 20.3. The molecule has 2 aromatic rings. The third-order valence-electron chi connectivity index (χ3n) is 9.11. The van der Waals surface area contributed by atoms with Gasteiger partial charge < -0.3 is 14.6 Å². The smallest absolute Gasteiger partial charge is 0.520 e. The molecule has 0 saturated carbocycles. The molecule has 5 heterocycles. The van der Waals surface area contributed by atoms with E-state index >= 15 is 0 Å². The molecule has 4 aliphatic rings. The Kier molecular flexibility index (Phi) is 14.7. The van der Waals surface area contributed by atoms with Gasteiger partial charge in [-0.25, -0.2) is 4.79 Å². The topological polar surface area (TPSA) is 99.0 Å². The van der Waals surface area contributed by atoms with Crippen LogP contribution in [0.2, 0.25) is 0 Å². The maximum Gasteiger partial charge on any atom is 2.00 e. The molecule has 3 amide bonds. The Bertz CT molecular complexity index is 1380. The number of anilines is 2. The minimum absolute atomic E-state index is 0. The SMILES string of the molecule is Nc1c(Br)cc(C[CH-]C(=O)I2CCC(N3CCCCC3)CC2)cc1C(F)(F)F.O=[C-]N1CCC(N2Cc3ccsc3NC2=O)CC1.[U+2]. The van der Waals surface area contributed by atoms with Gasteiger partial charge in [-0.1, -0.05) is 0 Å². The van der Waals surface area contributed by atoms with Gasteiger partial charge in [-0.15, -0.1) is 11.3 Å². The summed E-state index contributed by atoms with van der Waals surface area (Å²) in [5, 5.41) is 5.89. The first kappa shape index (κ1) is 38.8. The van der Waals surface area contributed by atoms with Gasteiger partial charge in [0.2, 0.25) is 0 Å². The number of carbonyl (C=O) groups is 2. The van der Waals surface area contributed by atoms with Gasteiger partial charge in [-0.3, -0.25) is 5.32 Å². The molecule has 4 aliphatic heterocycles. The van der Waals surface area contributed by atoms with Crippen LogP contribution in [0.5, 0.6) is 0 Å². The number of nitrogens with zero attached hydrogens (tertiary/aromatic N) is 3. The Morgan fingerprint density at radius 3 is 2.40 bits per heavy atom. The number of nitrogen functional groups attached to an aromatic ring is 1. The summed E-state index contributed by atoms with van der Waals surface area (Å²) < 4.78 is 41.8. The summed E-state index contributed by atoms with van der Waals surface area (Å²) >= 11 is 2.97. The number of urea groups is 1. The molecule has 0 spiro atoms. The maximum atomic E-state index is 13.1. The molecule has 1 aromatic carbocycles. The van der Waals surface area contributed by atoms with Crippen molar-refractivity contribution in [1.82, 2.24) is 14.7 Å². The fourth-order valence-electron chi connectivity index (χ4n) is 6.48. The van der Waals surface area contributed by atoms with Crippen LogP contribution in [0.25, 0.3) is 0 Å². The van der Waals surface area contributed by atoms with Crippen LogP contribution in [-0.4, -0.2) is 78.0 Å². The summed E-state index contributed by atoms with van der Waals surface area (Å²) in [6.45, 7) is 4.43. The fourth-order valence-corrected chi connectivity index (χ4v) is 13.2. The molecule has 8 nitrogen and oxygen atoms in total. The molecule has 0 bridgehead atoms. The van der Waals surface area contributed by atoms with E-state index in [9.17, 15) is 27.6 Å². The van der Waals surface area contributed by atoms with E-state index in [1.54, 1.807) is 28.7 Å². The van der Waals surface area contributed by atoms with Crippen LogP contribution >= 0.6 is 47.1 Å². The number of nitrogens with two attached hydrogens (primary N) is 1. The molecule has 47 heavy (non-hydrogen) atoms. The van der Waals surface area contributed by atoms with Crippen molar-refractivity contribution in [2.75, 3.05) is 46.1 Å². The molecule has 0 unspecified atom stereocenters. The largest absolute Gasteiger partial charge is 2.00 e. The molecular formula is C32H40BrF3IN5O3SU. The van der Waals surface area contributed by atoms with E-state index in [-0.39, 0.29) is 63.6 Å². The summed E-state index contributed by atoms with van der Waals surface area (Å²) in [7, 11) is 0. The second-order valence-corrected chi connectivity index (χ2v) is 19.6. The Hall–Kier alpha value is -0.988. The first-order valence-electron chi connectivity index (χ1n) is 15.7. The number of hydrogen-bond acceptors (Lipinski definition) is 6. The number of fused-ring (bicyclic) bond motifs is 1. The number of hydrogen-bond donors (Lipinski definition) is 2. The molecule has 3 N–H and O–H groups in total. The van der Waals surface area contributed by atoms with Crippen LogP contribution in [0.15, 0.2) is 28.1 Å². The first-order valence-corrected chi connectivity index (χ1v) is 21.5. The molecule has 0 atom stereocenters. The molecule has 15 heteroatoms. The van der Waals surface area contributed by atoms with Crippen LogP contribution in [0.4, 0.5) is 28.7 Å². The van der Waals surface area contributed by atoms with Crippen LogP contribution in [0.3, 0.4) is 0 Å². The van der Waals surface area contributed by atoms with Gasteiger partial charge in [0, 0.05) is 11.6 Å². The molecule has 0 aliphatic carbocycles. The standard InChI is InChI=1S/C20H26BrF3IN2O.C12H14N3O2S.U/c21-17-13-14(12-16(19(17)26)20(22,23)24)4-5-18(28)25-8-6-15(7-9-25)27-10-2-1-3-11-27;16-8-14-4-1-10(2-5-14)15-7-9-3-6-18-11(9)13-12(15)17;/h5,12-13,15H,1-4,6-11,26H2;3,6,10H,1-2,4-5,7H2,(H,13,17);/q2*-1;+2. The number of nitrogens with one attached hydrogen (secondary N) is 1. The zero-order valence-electron chi connectivity index (χ0n) is 26.1. The Morgan fingerprint density at radius 2 is 1.77 bits per heavy atom. The summed E-state index contributed by atoms with van der Waals surface area (Å²) in [5.74, 6) is 0. The van der Waals surface area contributed by atoms with Crippen molar-refractivity contribution in [3.63, 3.8) is 0 Å². The molecule has 256 valence electrons. The van der Waals surface area contributed by atoms with Crippen LogP contribution in [0, 0.1) is 37.5 Å². The number of piperidine rings is 2. The second-order valence-electron chi connectivity index (χ2n) is 12.1. The van der Waals surface area contributed by atoms with Gasteiger partial charge in [0.15, 0.2) is 0 Å². The van der Waals surface area contributed by atoms with Crippen molar-refractivity contribution < 1.29 is 58.7 Å². The number of halogens is 5. The Labute approximate surface area is 318 Å². The summed E-state index contributed by atoms with van der Waals surface area (Å²) in [6, 6.07) is 5.53. The first-order chi connectivity index (χ1) is 22.0. The predicted octanol–water partition coefficient (Wildman–Crippen LogP) is 7.11. The van der Waals surface area contributed by atoms with Crippen molar-refractivity contribution >= 4 is 74.0 Å². The summed E-state index contributed by atoms with van der Waals surface area (Å²) in [4.78, 5) is 41.3. The van der Waals surface area contributed by atoms with E-state index in [4.69, 9.17) is 5.73 Å². The van der Waals surface area contributed by atoms with Crippen molar-refractivity contribution in [3.8, 4) is 0 Å². The van der Waals surface area contributed by atoms with E-state index < -0.39 is 31.6 Å². The molecular weight excluding hydrogens is 1040 g/mol. The van der Waals surface area contributed by atoms with E-state index in [2.05, 4.69) is 32.2 Å². The van der Waals surface area contributed by atoms with E-state index in [1.165, 1.54) is 37.9 Å². The maximum absolute atomic E-state index is 13.1. The van der Waals surface area contributed by atoms with Crippen LogP contribution in [-0.2, 0) is 28.7 Å².